The van der Waals surface area contributed by atoms with E-state index in [0.29, 0.717) is 17.2 Å². The van der Waals surface area contributed by atoms with Gasteiger partial charge in [0.2, 0.25) is 0 Å². The van der Waals surface area contributed by atoms with Gasteiger partial charge in [0.1, 0.15) is 11.6 Å². The van der Waals surface area contributed by atoms with E-state index in [4.69, 9.17) is 16.3 Å². The summed E-state index contributed by atoms with van der Waals surface area (Å²) < 4.78 is 5.26. The van der Waals surface area contributed by atoms with E-state index >= 15 is 0 Å². The molecule has 1 aromatic heterocycles. The summed E-state index contributed by atoms with van der Waals surface area (Å²) in [4.78, 5) is 22.7. The number of ether oxygens (including phenoxy) is 1. The van der Waals surface area contributed by atoms with Crippen LogP contribution in [0.15, 0.2) is 24.3 Å². The number of aldehydes is 1. The van der Waals surface area contributed by atoms with Gasteiger partial charge in [0.25, 0.3) is 0 Å². The van der Waals surface area contributed by atoms with Crippen LogP contribution in [0.4, 0.5) is 5.69 Å². The Hall–Kier alpha value is -2.09. The number of carbonyl (C=O) groups is 2. The van der Waals surface area contributed by atoms with Gasteiger partial charge < -0.3 is 20.5 Å². The lowest BCUT2D eigenvalue weighted by atomic mass is 9.89. The highest BCUT2D eigenvalue weighted by Crippen LogP contribution is 2.45. The molecule has 6 nitrogen and oxygen atoms in total. The van der Waals surface area contributed by atoms with Gasteiger partial charge in [-0.25, -0.2) is 4.79 Å². The fourth-order valence-electron chi connectivity index (χ4n) is 3.45. The van der Waals surface area contributed by atoms with E-state index < -0.39 is 5.97 Å². The fraction of sp³-hybridized carbons (Fsp3) is 0.400. The maximum Gasteiger partial charge on any atom is 0.349 e. The molecule has 28 heavy (non-hydrogen) atoms. The molecule has 1 unspecified atom stereocenters. The van der Waals surface area contributed by atoms with Crippen LogP contribution in [-0.2, 0) is 4.79 Å². The van der Waals surface area contributed by atoms with Crippen molar-refractivity contribution in [2.24, 2.45) is 0 Å². The number of anilines is 1. The molecular weight excluding hydrogens is 400 g/mol. The second-order valence-corrected chi connectivity index (χ2v) is 8.81. The molecule has 2 heterocycles. The summed E-state index contributed by atoms with van der Waals surface area (Å²) in [5.74, 6) is -1.09. The number of thiophene rings is 1. The highest BCUT2D eigenvalue weighted by Gasteiger charge is 2.28. The van der Waals surface area contributed by atoms with E-state index in [1.54, 1.807) is 0 Å². The van der Waals surface area contributed by atoms with Crippen LogP contribution < -0.4 is 15.4 Å². The van der Waals surface area contributed by atoms with Gasteiger partial charge in [-0.2, -0.15) is 0 Å². The Morgan fingerprint density at radius 3 is 2.96 bits per heavy atom. The van der Waals surface area contributed by atoms with Crippen LogP contribution in [0, 0.1) is 0 Å². The Morgan fingerprint density at radius 2 is 2.29 bits per heavy atom. The predicted molar refractivity (Wildman–Crippen MR) is 112 cm³/mol. The Balaban J connectivity index is 1.87. The highest BCUT2D eigenvalue weighted by atomic mass is 35.5. The first-order valence-electron chi connectivity index (χ1n) is 9.05. The Kier molecular flexibility index (Phi) is 6.27. The number of halogens is 1. The first-order valence-corrected chi connectivity index (χ1v) is 10.2. The molecule has 0 amide bonds. The largest absolute Gasteiger partial charge is 0.483 e. The number of benzene rings is 1. The third kappa shape index (κ3) is 4.66. The Labute approximate surface area is 172 Å². The molecule has 0 saturated carbocycles. The normalized spacial score (nSPS) is 18.5. The van der Waals surface area contributed by atoms with E-state index in [0.717, 1.165) is 42.0 Å². The topological polar surface area (TPSA) is 87.7 Å². The van der Waals surface area contributed by atoms with Gasteiger partial charge in [0.05, 0.1) is 4.88 Å². The quantitative estimate of drug-likeness (QED) is 0.577. The predicted octanol–water partition coefficient (Wildman–Crippen LogP) is 4.29. The SMILES string of the molecule is CC1(C)CC(Nc2cccc(-c3sc(C(=O)O)c(OCC=O)c3Cl)c2)CCN1. The molecule has 0 aliphatic carbocycles. The van der Waals surface area contributed by atoms with Gasteiger partial charge in [-0.3, -0.25) is 4.79 Å². The van der Waals surface area contributed by atoms with Crippen molar-refractivity contribution in [2.75, 3.05) is 18.5 Å². The lowest BCUT2D eigenvalue weighted by Crippen LogP contribution is -2.49. The molecule has 1 saturated heterocycles. The second-order valence-electron chi connectivity index (χ2n) is 7.41. The second kappa shape index (κ2) is 8.51. The first-order chi connectivity index (χ1) is 13.3. The van der Waals surface area contributed by atoms with E-state index in [1.165, 1.54) is 0 Å². The fourth-order valence-corrected chi connectivity index (χ4v) is 4.85. The number of nitrogens with one attached hydrogen (secondary N) is 2. The van der Waals surface area contributed by atoms with Gasteiger partial charge in [-0.15, -0.1) is 11.3 Å². The molecule has 150 valence electrons. The van der Waals surface area contributed by atoms with Gasteiger partial charge in [-0.1, -0.05) is 23.7 Å². The Bertz CT molecular complexity index is 881. The lowest BCUT2D eigenvalue weighted by molar-refractivity contribution is -0.109. The summed E-state index contributed by atoms with van der Waals surface area (Å²) in [6, 6.07) is 8.09. The zero-order valence-electron chi connectivity index (χ0n) is 15.8. The molecule has 3 N–H and O–H groups in total. The van der Waals surface area contributed by atoms with Crippen LogP contribution >= 0.6 is 22.9 Å². The standard InChI is InChI=1S/C20H23ClN2O4S/c1-20(2)11-14(6-7-22-20)23-13-5-3-4-12(10-13)17-15(21)16(27-9-8-24)18(28-17)19(25)26/h3-5,8,10,14,22-23H,6-7,9,11H2,1-2H3,(H,25,26). The van der Waals surface area contributed by atoms with Crippen LogP contribution in [-0.4, -0.2) is 42.1 Å². The van der Waals surface area contributed by atoms with Crippen molar-refractivity contribution >= 4 is 40.9 Å². The zero-order chi connectivity index (χ0) is 20.3. The molecule has 1 aromatic carbocycles. The van der Waals surface area contributed by atoms with E-state index in [9.17, 15) is 14.7 Å². The van der Waals surface area contributed by atoms with Crippen LogP contribution in [0.3, 0.4) is 0 Å². The van der Waals surface area contributed by atoms with E-state index in [2.05, 4.69) is 24.5 Å². The average molecular weight is 423 g/mol. The van der Waals surface area contributed by atoms with E-state index in [1.807, 2.05) is 24.3 Å². The number of hydrogen-bond donors (Lipinski definition) is 3. The summed E-state index contributed by atoms with van der Waals surface area (Å²) >= 11 is 7.45. The van der Waals surface area contributed by atoms with Gasteiger partial charge in [0, 0.05) is 17.3 Å². The molecule has 1 aliphatic rings. The molecule has 3 rings (SSSR count). The van der Waals surface area contributed by atoms with Crippen molar-refractivity contribution < 1.29 is 19.4 Å². The third-order valence-corrected chi connectivity index (χ3v) is 6.33. The molecule has 0 bridgehead atoms. The maximum absolute atomic E-state index is 11.5. The van der Waals surface area contributed by atoms with Crippen LogP contribution in [0.2, 0.25) is 5.02 Å². The molecule has 8 heteroatoms. The average Bonchev–Trinajstić information content (AvgIpc) is 2.96. The highest BCUT2D eigenvalue weighted by molar-refractivity contribution is 7.18. The molecule has 0 radical (unpaired) electrons. The Morgan fingerprint density at radius 1 is 1.50 bits per heavy atom. The minimum Gasteiger partial charge on any atom is -0.483 e. The summed E-state index contributed by atoms with van der Waals surface area (Å²) in [6.45, 7) is 5.09. The zero-order valence-corrected chi connectivity index (χ0v) is 17.3. The summed E-state index contributed by atoms with van der Waals surface area (Å²) in [7, 11) is 0. The molecule has 0 spiro atoms. The van der Waals surface area contributed by atoms with Gasteiger partial charge in [-0.05, 0) is 50.9 Å². The monoisotopic (exact) mass is 422 g/mol. The smallest absolute Gasteiger partial charge is 0.349 e. The van der Waals surface area contributed by atoms with Crippen molar-refractivity contribution in [3.63, 3.8) is 0 Å². The van der Waals surface area contributed by atoms with Gasteiger partial charge in [0.15, 0.2) is 16.9 Å². The third-order valence-electron chi connectivity index (χ3n) is 4.65. The molecular formula is C20H23ClN2O4S. The number of carboxylic acids is 1. The molecule has 2 aromatic rings. The minimum absolute atomic E-state index is 0.0136. The number of aromatic carboxylic acids is 1. The maximum atomic E-state index is 11.5. The van der Waals surface area contributed by atoms with Crippen molar-refractivity contribution in [1.29, 1.82) is 0 Å². The van der Waals surface area contributed by atoms with E-state index in [-0.39, 0.29) is 27.8 Å². The summed E-state index contributed by atoms with van der Waals surface area (Å²) in [5.41, 5.74) is 1.85. The summed E-state index contributed by atoms with van der Waals surface area (Å²) in [5, 5.41) is 16.7. The molecule has 1 atom stereocenters. The van der Waals surface area contributed by atoms with Crippen molar-refractivity contribution in [1.82, 2.24) is 5.32 Å². The van der Waals surface area contributed by atoms with Crippen molar-refractivity contribution in [3.8, 4) is 16.2 Å². The van der Waals surface area contributed by atoms with Crippen molar-refractivity contribution in [3.05, 3.63) is 34.2 Å². The van der Waals surface area contributed by atoms with Gasteiger partial charge >= 0.3 is 5.97 Å². The first kappa shape index (κ1) is 20.6. The number of piperidine rings is 1. The minimum atomic E-state index is -1.13. The van der Waals surface area contributed by atoms with Crippen LogP contribution in [0.5, 0.6) is 5.75 Å². The lowest BCUT2D eigenvalue weighted by Gasteiger charge is -2.37. The number of carboxylic acid groups (broad SMARTS) is 1. The van der Waals surface area contributed by atoms with Crippen molar-refractivity contribution in [2.45, 2.75) is 38.3 Å². The summed E-state index contributed by atoms with van der Waals surface area (Å²) in [6.07, 6.45) is 2.59. The number of rotatable bonds is 7. The van der Waals surface area contributed by atoms with Crippen LogP contribution in [0.25, 0.3) is 10.4 Å². The van der Waals surface area contributed by atoms with Crippen LogP contribution in [0.1, 0.15) is 36.4 Å². The number of carbonyl (C=O) groups excluding carboxylic acids is 1. The molecule has 1 fully saturated rings. The molecule has 1 aliphatic heterocycles. The number of hydrogen-bond acceptors (Lipinski definition) is 6.